The zero-order chi connectivity index (χ0) is 9.84. The van der Waals surface area contributed by atoms with E-state index in [2.05, 4.69) is 34.6 Å². The molecule has 0 amide bonds. The molecule has 1 atom stereocenters. The summed E-state index contributed by atoms with van der Waals surface area (Å²) in [7, 11) is 4.05. The van der Waals surface area contributed by atoms with E-state index in [1.54, 1.807) is 0 Å². The van der Waals surface area contributed by atoms with E-state index in [1.807, 2.05) is 21.0 Å². The van der Waals surface area contributed by atoms with Crippen molar-refractivity contribution in [1.29, 1.82) is 0 Å². The molecule has 0 aliphatic heterocycles. The average molecular weight is 179 g/mol. The maximum atomic E-state index is 5.34. The summed E-state index contributed by atoms with van der Waals surface area (Å²) in [5, 5.41) is 0. The summed E-state index contributed by atoms with van der Waals surface area (Å²) in [6.45, 7) is 2.03. The predicted molar refractivity (Wildman–Crippen MR) is 56.5 cm³/mol. The van der Waals surface area contributed by atoms with Crippen LogP contribution >= 0.6 is 0 Å². The number of hydrazine groups is 1. The van der Waals surface area contributed by atoms with Gasteiger partial charge in [-0.1, -0.05) is 12.1 Å². The van der Waals surface area contributed by atoms with E-state index in [1.165, 1.54) is 11.3 Å². The fourth-order valence-corrected chi connectivity index (χ4v) is 1.16. The van der Waals surface area contributed by atoms with Crippen LogP contribution in [0.4, 0.5) is 5.69 Å². The second-order valence-electron chi connectivity index (χ2n) is 3.37. The van der Waals surface area contributed by atoms with E-state index in [0.717, 1.165) is 0 Å². The van der Waals surface area contributed by atoms with Gasteiger partial charge in [0.2, 0.25) is 0 Å². The number of anilines is 1. The van der Waals surface area contributed by atoms with Crippen molar-refractivity contribution in [2.24, 2.45) is 5.84 Å². The highest BCUT2D eigenvalue weighted by molar-refractivity contribution is 5.46. The lowest BCUT2D eigenvalue weighted by atomic mass is 10.1. The van der Waals surface area contributed by atoms with Crippen LogP contribution < -0.4 is 16.2 Å². The van der Waals surface area contributed by atoms with E-state index in [4.69, 9.17) is 5.84 Å². The lowest BCUT2D eigenvalue weighted by molar-refractivity contribution is 0.602. The van der Waals surface area contributed by atoms with Gasteiger partial charge in [0.25, 0.3) is 0 Å². The molecule has 0 saturated carbocycles. The van der Waals surface area contributed by atoms with Gasteiger partial charge in [-0.2, -0.15) is 0 Å². The van der Waals surface area contributed by atoms with Gasteiger partial charge in [0.15, 0.2) is 0 Å². The van der Waals surface area contributed by atoms with Gasteiger partial charge < -0.3 is 4.90 Å². The van der Waals surface area contributed by atoms with E-state index >= 15 is 0 Å². The van der Waals surface area contributed by atoms with Crippen molar-refractivity contribution >= 4 is 5.69 Å². The summed E-state index contributed by atoms with van der Waals surface area (Å²) in [5.41, 5.74) is 5.12. The fourth-order valence-electron chi connectivity index (χ4n) is 1.16. The summed E-state index contributed by atoms with van der Waals surface area (Å²) in [5.74, 6) is 5.34. The average Bonchev–Trinajstić information content (AvgIpc) is 2.17. The van der Waals surface area contributed by atoms with Crippen molar-refractivity contribution in [1.82, 2.24) is 5.43 Å². The molecule has 0 aliphatic carbocycles. The highest BCUT2D eigenvalue weighted by Crippen LogP contribution is 2.16. The molecule has 0 heterocycles. The second-order valence-corrected chi connectivity index (χ2v) is 3.37. The Hall–Kier alpha value is -1.06. The van der Waals surface area contributed by atoms with Crippen molar-refractivity contribution < 1.29 is 0 Å². The standard InChI is InChI=1S/C10H17N3/c1-8(12-11)9-4-6-10(7-5-9)13(2)3/h4-8,12H,11H2,1-3H3/t8-/m1/s1. The molecular formula is C10H17N3. The van der Waals surface area contributed by atoms with Crippen molar-refractivity contribution in [2.75, 3.05) is 19.0 Å². The lowest BCUT2D eigenvalue weighted by Crippen LogP contribution is -2.25. The molecule has 3 heteroatoms. The maximum Gasteiger partial charge on any atom is 0.0431 e. The molecule has 1 rings (SSSR count). The first-order valence-corrected chi connectivity index (χ1v) is 4.38. The summed E-state index contributed by atoms with van der Waals surface area (Å²) >= 11 is 0. The van der Waals surface area contributed by atoms with Gasteiger partial charge in [0.1, 0.15) is 0 Å². The van der Waals surface area contributed by atoms with Gasteiger partial charge in [0.05, 0.1) is 0 Å². The summed E-state index contributed by atoms with van der Waals surface area (Å²) < 4.78 is 0. The Kier molecular flexibility index (Phi) is 3.28. The van der Waals surface area contributed by atoms with Crippen LogP contribution in [0.2, 0.25) is 0 Å². The third-order valence-corrected chi connectivity index (χ3v) is 2.16. The zero-order valence-corrected chi connectivity index (χ0v) is 8.41. The van der Waals surface area contributed by atoms with Crippen LogP contribution in [0.5, 0.6) is 0 Å². The van der Waals surface area contributed by atoms with Gasteiger partial charge in [-0.3, -0.25) is 11.3 Å². The minimum Gasteiger partial charge on any atom is -0.378 e. The van der Waals surface area contributed by atoms with Crippen LogP contribution in [0.1, 0.15) is 18.5 Å². The molecule has 0 aliphatic rings. The van der Waals surface area contributed by atoms with Crippen LogP contribution in [0.25, 0.3) is 0 Å². The van der Waals surface area contributed by atoms with Gasteiger partial charge in [-0.05, 0) is 24.6 Å². The molecule has 72 valence electrons. The summed E-state index contributed by atoms with van der Waals surface area (Å²) in [4.78, 5) is 2.07. The number of hydrogen-bond acceptors (Lipinski definition) is 3. The number of nitrogens with two attached hydrogens (primary N) is 1. The fraction of sp³-hybridized carbons (Fsp3) is 0.400. The van der Waals surface area contributed by atoms with Crippen LogP contribution in [0, 0.1) is 0 Å². The monoisotopic (exact) mass is 179 g/mol. The normalized spacial score (nSPS) is 12.6. The smallest absolute Gasteiger partial charge is 0.0431 e. The molecule has 1 aromatic rings. The lowest BCUT2D eigenvalue weighted by Gasteiger charge is -2.15. The third-order valence-electron chi connectivity index (χ3n) is 2.16. The molecule has 1 aromatic carbocycles. The van der Waals surface area contributed by atoms with Gasteiger partial charge in [0, 0.05) is 25.8 Å². The minimum atomic E-state index is 0.205. The van der Waals surface area contributed by atoms with Gasteiger partial charge >= 0.3 is 0 Å². The Morgan fingerprint density at radius 2 is 1.77 bits per heavy atom. The first kappa shape index (κ1) is 10.0. The molecule has 0 bridgehead atoms. The van der Waals surface area contributed by atoms with Gasteiger partial charge in [-0.15, -0.1) is 0 Å². The zero-order valence-electron chi connectivity index (χ0n) is 8.41. The third kappa shape index (κ3) is 2.44. The Bertz CT molecular complexity index is 253. The van der Waals surface area contributed by atoms with Crippen LogP contribution in [-0.2, 0) is 0 Å². The Morgan fingerprint density at radius 1 is 1.23 bits per heavy atom. The van der Waals surface area contributed by atoms with E-state index in [-0.39, 0.29) is 6.04 Å². The van der Waals surface area contributed by atoms with Crippen LogP contribution in [0.3, 0.4) is 0 Å². The Labute approximate surface area is 79.5 Å². The van der Waals surface area contributed by atoms with E-state index < -0.39 is 0 Å². The molecule has 3 nitrogen and oxygen atoms in total. The molecule has 0 spiro atoms. The van der Waals surface area contributed by atoms with Crippen molar-refractivity contribution in [3.05, 3.63) is 29.8 Å². The van der Waals surface area contributed by atoms with E-state index in [0.29, 0.717) is 0 Å². The summed E-state index contributed by atoms with van der Waals surface area (Å²) in [6.07, 6.45) is 0. The van der Waals surface area contributed by atoms with E-state index in [9.17, 15) is 0 Å². The first-order valence-electron chi connectivity index (χ1n) is 4.38. The molecule has 0 radical (unpaired) electrons. The number of nitrogens with one attached hydrogen (secondary N) is 1. The Balaban J connectivity index is 2.81. The Morgan fingerprint density at radius 3 is 2.15 bits per heavy atom. The molecule has 0 aromatic heterocycles. The molecule has 3 N–H and O–H groups in total. The highest BCUT2D eigenvalue weighted by atomic mass is 15.2. The largest absolute Gasteiger partial charge is 0.378 e. The summed E-state index contributed by atoms with van der Waals surface area (Å²) in [6, 6.07) is 8.54. The molecule has 0 saturated heterocycles. The number of hydrogen-bond donors (Lipinski definition) is 2. The topological polar surface area (TPSA) is 41.3 Å². The minimum absolute atomic E-state index is 0.205. The molecule has 0 fully saturated rings. The van der Waals surface area contributed by atoms with Crippen LogP contribution in [0.15, 0.2) is 24.3 Å². The molecular weight excluding hydrogens is 162 g/mol. The van der Waals surface area contributed by atoms with Crippen LogP contribution in [-0.4, -0.2) is 14.1 Å². The molecule has 13 heavy (non-hydrogen) atoms. The van der Waals surface area contributed by atoms with Crippen molar-refractivity contribution in [3.8, 4) is 0 Å². The molecule has 0 unspecified atom stereocenters. The first-order chi connectivity index (χ1) is 6.15. The quantitative estimate of drug-likeness (QED) is 0.542. The highest BCUT2D eigenvalue weighted by Gasteiger charge is 2.02. The maximum absolute atomic E-state index is 5.34. The number of benzene rings is 1. The number of nitrogens with zero attached hydrogens (tertiary/aromatic N) is 1. The second kappa shape index (κ2) is 4.25. The van der Waals surface area contributed by atoms with Crippen molar-refractivity contribution in [3.63, 3.8) is 0 Å². The predicted octanol–water partition coefficient (Wildman–Crippen LogP) is 1.28. The van der Waals surface area contributed by atoms with Gasteiger partial charge in [-0.25, -0.2) is 0 Å². The van der Waals surface area contributed by atoms with Crippen molar-refractivity contribution in [2.45, 2.75) is 13.0 Å². The number of rotatable bonds is 3. The SMILES string of the molecule is C[C@@H](NN)c1ccc(N(C)C)cc1.